The van der Waals surface area contributed by atoms with Gasteiger partial charge in [0.2, 0.25) is 0 Å². The lowest BCUT2D eigenvalue weighted by Crippen LogP contribution is -2.41. The molecule has 3 heteroatoms. The minimum atomic E-state index is -0.341. The molecule has 1 N–H and O–H groups in total. The first-order valence-corrected chi connectivity index (χ1v) is 8.37. The third-order valence-corrected chi connectivity index (χ3v) is 4.78. The number of hydrogen-bond acceptors (Lipinski definition) is 3. The highest BCUT2D eigenvalue weighted by Crippen LogP contribution is 2.26. The second-order valence-electron chi connectivity index (χ2n) is 6.84. The number of hydrogen-bond donors (Lipinski definition) is 1. The molecule has 0 aromatic carbocycles. The van der Waals surface area contributed by atoms with Gasteiger partial charge in [-0.2, -0.15) is 5.26 Å². The summed E-state index contributed by atoms with van der Waals surface area (Å²) in [5.74, 6) is 0.895. The summed E-state index contributed by atoms with van der Waals surface area (Å²) >= 11 is 0. The molecule has 0 radical (unpaired) electrons. The van der Waals surface area contributed by atoms with Gasteiger partial charge < -0.3 is 4.90 Å². The van der Waals surface area contributed by atoms with Gasteiger partial charge in [-0.3, -0.25) is 5.32 Å². The van der Waals surface area contributed by atoms with Crippen LogP contribution in [0, 0.1) is 17.2 Å². The third-order valence-electron chi connectivity index (χ3n) is 4.78. The van der Waals surface area contributed by atoms with Crippen LogP contribution in [0.3, 0.4) is 0 Å². The van der Waals surface area contributed by atoms with Gasteiger partial charge in [0.15, 0.2) is 0 Å². The van der Waals surface area contributed by atoms with Gasteiger partial charge in [-0.15, -0.1) is 0 Å². The fourth-order valence-electron chi connectivity index (χ4n) is 3.40. The summed E-state index contributed by atoms with van der Waals surface area (Å²) in [5.41, 5.74) is -0.341. The highest BCUT2D eigenvalue weighted by Gasteiger charge is 2.23. The Morgan fingerprint density at radius 2 is 2.10 bits per heavy atom. The maximum atomic E-state index is 9.24. The van der Waals surface area contributed by atoms with Crippen molar-refractivity contribution in [1.29, 1.82) is 5.26 Å². The van der Waals surface area contributed by atoms with Gasteiger partial charge in [-0.25, -0.2) is 0 Å². The Morgan fingerprint density at radius 1 is 1.35 bits per heavy atom. The van der Waals surface area contributed by atoms with E-state index in [-0.39, 0.29) is 5.54 Å². The molecular formula is C17H33N3. The van der Waals surface area contributed by atoms with Crippen LogP contribution in [0.2, 0.25) is 0 Å². The molecule has 0 aromatic rings. The lowest BCUT2D eigenvalue weighted by molar-refractivity contribution is 0.161. The lowest BCUT2D eigenvalue weighted by atomic mass is 9.86. The molecule has 0 saturated heterocycles. The number of nitriles is 1. The van der Waals surface area contributed by atoms with Crippen molar-refractivity contribution in [1.82, 2.24) is 10.2 Å². The molecule has 0 aromatic heterocycles. The lowest BCUT2D eigenvalue weighted by Gasteiger charge is -2.34. The number of nitrogens with one attached hydrogen (secondary N) is 1. The Hall–Kier alpha value is -0.590. The van der Waals surface area contributed by atoms with Crippen molar-refractivity contribution in [3.63, 3.8) is 0 Å². The zero-order chi connectivity index (χ0) is 15.0. The molecule has 3 nitrogen and oxygen atoms in total. The summed E-state index contributed by atoms with van der Waals surface area (Å²) in [6.45, 7) is 8.50. The second kappa shape index (κ2) is 8.64. The van der Waals surface area contributed by atoms with Crippen molar-refractivity contribution >= 4 is 0 Å². The summed E-state index contributed by atoms with van der Waals surface area (Å²) in [5, 5.41) is 12.5. The zero-order valence-electron chi connectivity index (χ0n) is 13.9. The fourth-order valence-corrected chi connectivity index (χ4v) is 3.40. The average molecular weight is 279 g/mol. The Morgan fingerprint density at radius 3 is 2.70 bits per heavy atom. The molecule has 0 amide bonds. The van der Waals surface area contributed by atoms with Gasteiger partial charge in [0.1, 0.15) is 5.54 Å². The number of rotatable bonds is 8. The minimum Gasteiger partial charge on any atom is -0.303 e. The van der Waals surface area contributed by atoms with Gasteiger partial charge in [0.05, 0.1) is 6.07 Å². The fraction of sp³-hybridized carbons (Fsp3) is 0.941. The van der Waals surface area contributed by atoms with Crippen LogP contribution in [0.25, 0.3) is 0 Å². The molecule has 3 atom stereocenters. The molecule has 0 spiro atoms. The van der Waals surface area contributed by atoms with Crippen molar-refractivity contribution in [2.24, 2.45) is 5.92 Å². The summed E-state index contributed by atoms with van der Waals surface area (Å²) in [6.07, 6.45) is 8.81. The largest absolute Gasteiger partial charge is 0.303 e. The van der Waals surface area contributed by atoms with Gasteiger partial charge in [0.25, 0.3) is 0 Å². The van der Waals surface area contributed by atoms with Crippen LogP contribution in [0.5, 0.6) is 0 Å². The van der Waals surface area contributed by atoms with E-state index in [9.17, 15) is 5.26 Å². The molecule has 1 rings (SSSR count). The first kappa shape index (κ1) is 17.5. The molecule has 0 aliphatic heterocycles. The minimum absolute atomic E-state index is 0.341. The van der Waals surface area contributed by atoms with Gasteiger partial charge >= 0.3 is 0 Å². The number of nitrogens with zero attached hydrogens (tertiary/aromatic N) is 2. The molecule has 3 unspecified atom stereocenters. The van der Waals surface area contributed by atoms with Crippen molar-refractivity contribution < 1.29 is 0 Å². The Balaban J connectivity index is 2.21. The predicted molar refractivity (Wildman–Crippen MR) is 85.6 cm³/mol. The van der Waals surface area contributed by atoms with E-state index in [1.165, 1.54) is 38.6 Å². The van der Waals surface area contributed by atoms with Gasteiger partial charge in [0, 0.05) is 6.04 Å². The first-order valence-electron chi connectivity index (χ1n) is 8.37. The maximum Gasteiger partial charge on any atom is 0.103 e. The van der Waals surface area contributed by atoms with E-state index in [2.05, 4.69) is 37.2 Å². The van der Waals surface area contributed by atoms with Crippen LogP contribution < -0.4 is 5.32 Å². The van der Waals surface area contributed by atoms with Gasteiger partial charge in [-0.05, 0) is 65.1 Å². The normalized spacial score (nSPS) is 26.2. The zero-order valence-corrected chi connectivity index (χ0v) is 13.9. The Labute approximate surface area is 125 Å². The van der Waals surface area contributed by atoms with Crippen LogP contribution in [0.1, 0.15) is 65.7 Å². The molecular weight excluding hydrogens is 246 g/mol. The molecule has 20 heavy (non-hydrogen) atoms. The summed E-state index contributed by atoms with van der Waals surface area (Å²) in [6, 6.07) is 3.20. The van der Waals surface area contributed by atoms with E-state index in [1.54, 1.807) is 0 Å². The van der Waals surface area contributed by atoms with E-state index >= 15 is 0 Å². The van der Waals surface area contributed by atoms with Gasteiger partial charge in [-0.1, -0.05) is 26.7 Å². The average Bonchev–Trinajstić information content (AvgIpc) is 2.44. The SMILES string of the molecule is CCNC(C)(C#N)CCCCN(C)C1CCCC(C)C1. The summed E-state index contributed by atoms with van der Waals surface area (Å²) in [7, 11) is 2.27. The predicted octanol–water partition coefficient (Wildman–Crippen LogP) is 3.56. The first-order chi connectivity index (χ1) is 9.50. The van der Waals surface area contributed by atoms with Crippen molar-refractivity contribution in [2.45, 2.75) is 77.3 Å². The van der Waals surface area contributed by atoms with Crippen molar-refractivity contribution in [3.05, 3.63) is 0 Å². The van der Waals surface area contributed by atoms with Crippen LogP contribution in [0.15, 0.2) is 0 Å². The van der Waals surface area contributed by atoms with Crippen LogP contribution in [-0.4, -0.2) is 36.6 Å². The molecule has 1 aliphatic rings. The maximum absolute atomic E-state index is 9.24. The van der Waals surface area contributed by atoms with Crippen LogP contribution in [0.4, 0.5) is 0 Å². The Bertz CT molecular complexity index is 310. The standard InChI is InChI=1S/C17H33N3/c1-5-19-17(3,14-18)11-6-7-12-20(4)16-10-8-9-15(2)13-16/h15-16,19H,5-13H2,1-4H3. The molecule has 0 bridgehead atoms. The van der Waals surface area contributed by atoms with E-state index in [0.717, 1.165) is 31.3 Å². The second-order valence-corrected chi connectivity index (χ2v) is 6.84. The highest BCUT2D eigenvalue weighted by atomic mass is 15.1. The molecule has 1 fully saturated rings. The highest BCUT2D eigenvalue weighted by molar-refractivity contribution is 5.03. The smallest absolute Gasteiger partial charge is 0.103 e. The van der Waals surface area contributed by atoms with E-state index < -0.39 is 0 Å². The Kier molecular flexibility index (Phi) is 7.55. The summed E-state index contributed by atoms with van der Waals surface area (Å²) < 4.78 is 0. The quantitative estimate of drug-likeness (QED) is 0.691. The van der Waals surface area contributed by atoms with Crippen LogP contribution >= 0.6 is 0 Å². The topological polar surface area (TPSA) is 39.1 Å². The van der Waals surface area contributed by atoms with Crippen molar-refractivity contribution in [2.75, 3.05) is 20.1 Å². The van der Waals surface area contributed by atoms with E-state index in [1.807, 2.05) is 6.92 Å². The molecule has 0 heterocycles. The molecule has 1 saturated carbocycles. The van der Waals surface area contributed by atoms with Crippen molar-refractivity contribution in [3.8, 4) is 6.07 Å². The monoisotopic (exact) mass is 279 g/mol. The number of unbranched alkanes of at least 4 members (excludes halogenated alkanes) is 1. The third kappa shape index (κ3) is 5.81. The summed E-state index contributed by atoms with van der Waals surface area (Å²) in [4.78, 5) is 2.55. The molecule has 116 valence electrons. The van der Waals surface area contributed by atoms with E-state index in [0.29, 0.717) is 0 Å². The van der Waals surface area contributed by atoms with Crippen LogP contribution in [-0.2, 0) is 0 Å². The molecule has 1 aliphatic carbocycles. The van der Waals surface area contributed by atoms with E-state index in [4.69, 9.17) is 0 Å².